The van der Waals surface area contributed by atoms with Gasteiger partial charge < -0.3 is 18.6 Å². The summed E-state index contributed by atoms with van der Waals surface area (Å²) in [6.45, 7) is 14.1. The second kappa shape index (κ2) is 24.1. The van der Waals surface area contributed by atoms with E-state index in [0.717, 1.165) is 151 Å². The highest BCUT2D eigenvalue weighted by Gasteiger charge is 2.45. The Bertz CT molecular complexity index is 5840. The number of rotatable bonds is 9. The molecule has 105 heavy (non-hydrogen) atoms. The molecule has 0 spiro atoms. The first kappa shape index (κ1) is 62.3. The molecule has 1 aliphatic carbocycles. The fourth-order valence-electron chi connectivity index (χ4n) is 17.7. The smallest absolute Gasteiger partial charge is 0.136 e. The fourth-order valence-corrected chi connectivity index (χ4v) is 17.7. The quantitative estimate of drug-likeness (QED) is 0.144. The van der Waals surface area contributed by atoms with Crippen LogP contribution in [0.3, 0.4) is 0 Å². The van der Waals surface area contributed by atoms with E-state index in [1.165, 1.54) is 55.6 Å². The lowest BCUT2D eigenvalue weighted by molar-refractivity contribution is 0.590. The van der Waals surface area contributed by atoms with Crippen molar-refractivity contribution in [3.63, 3.8) is 0 Å². The van der Waals surface area contributed by atoms with E-state index in [1.807, 2.05) is 0 Å². The molecule has 4 heterocycles. The first-order valence-corrected chi connectivity index (χ1v) is 37.0. The van der Waals surface area contributed by atoms with E-state index in [2.05, 4.69) is 379 Å². The number of anilines is 6. The van der Waals surface area contributed by atoms with Crippen LogP contribution in [0, 0.1) is 0 Å². The molecule has 15 aromatic carbocycles. The number of nitrogens with zero attached hydrogens (tertiary/aromatic N) is 2. The third kappa shape index (κ3) is 10.1. The van der Waals surface area contributed by atoms with Gasteiger partial charge in [0.2, 0.25) is 0 Å². The monoisotopic (exact) mass is 1350 g/mol. The van der Waals surface area contributed by atoms with E-state index in [9.17, 15) is 0 Å². The van der Waals surface area contributed by atoms with Crippen molar-refractivity contribution >= 4 is 78.0 Å². The van der Waals surface area contributed by atoms with Crippen LogP contribution in [-0.4, -0.2) is 0 Å². The number of para-hydroxylation sites is 2. The maximum atomic E-state index is 6.76. The van der Waals surface area contributed by atoms with Crippen molar-refractivity contribution in [1.82, 2.24) is 0 Å². The summed E-state index contributed by atoms with van der Waals surface area (Å²) < 4.78 is 13.5. The maximum absolute atomic E-state index is 6.76. The van der Waals surface area contributed by atoms with Crippen molar-refractivity contribution in [1.29, 1.82) is 0 Å². The minimum atomic E-state index is -0.337. The molecule has 0 radical (unpaired) electrons. The van der Waals surface area contributed by atoms with E-state index < -0.39 is 0 Å². The molecule has 0 saturated heterocycles. The highest BCUT2D eigenvalue weighted by atomic mass is 16.3. The molecule has 2 aromatic heterocycles. The molecule has 0 fully saturated rings. The average molecular weight is 1350 g/mol. The third-order valence-corrected chi connectivity index (χ3v) is 22.7. The molecule has 0 bridgehead atoms. The predicted octanol–water partition coefficient (Wildman–Crippen LogP) is 27.9. The third-order valence-electron chi connectivity index (χ3n) is 22.7. The Morgan fingerprint density at radius 3 is 1.02 bits per heavy atom. The topological polar surface area (TPSA) is 32.8 Å². The van der Waals surface area contributed by atoms with Gasteiger partial charge in [-0.3, -0.25) is 0 Å². The summed E-state index contributed by atoms with van der Waals surface area (Å²) in [6.07, 6.45) is 0.860. The minimum absolute atomic E-state index is 0.131. The zero-order valence-corrected chi connectivity index (χ0v) is 59.7. The zero-order valence-electron chi connectivity index (χ0n) is 59.7. The molecule has 4 nitrogen and oxygen atoms in total. The summed E-state index contributed by atoms with van der Waals surface area (Å²) in [7, 11) is 0. The van der Waals surface area contributed by atoms with Crippen LogP contribution in [-0.2, 0) is 17.3 Å². The molecule has 20 rings (SSSR count). The molecule has 17 aromatic rings. The fraction of sp³-hybridized carbons (Fsp3) is 0.109. The summed E-state index contributed by atoms with van der Waals surface area (Å²) in [4.78, 5) is 5.46. The van der Waals surface area contributed by atoms with Gasteiger partial charge >= 0.3 is 0 Å². The molecule has 2 aliphatic heterocycles. The summed E-state index contributed by atoms with van der Waals surface area (Å²) in [6, 6.07) is 124. The molecular weight excluding hydrogens is 1270 g/mol. The predicted molar refractivity (Wildman–Crippen MR) is 438 cm³/mol. The van der Waals surface area contributed by atoms with E-state index in [-0.39, 0.29) is 22.7 Å². The molecule has 4 heteroatoms. The molecule has 0 atom stereocenters. The molecule has 0 saturated carbocycles. The van der Waals surface area contributed by atoms with Crippen LogP contribution in [0.2, 0.25) is 0 Å². The number of benzene rings is 15. The number of hydrogen-bond donors (Lipinski definition) is 0. The number of furan rings is 2. The first-order chi connectivity index (χ1) is 51.4. The largest absolute Gasteiger partial charge is 0.456 e. The van der Waals surface area contributed by atoms with Gasteiger partial charge in [0, 0.05) is 61.2 Å². The van der Waals surface area contributed by atoms with Gasteiger partial charge in [-0.1, -0.05) is 284 Å². The Balaban J connectivity index is 0.999. The molecule has 3 aliphatic rings. The van der Waals surface area contributed by atoms with Crippen LogP contribution >= 0.6 is 0 Å². The van der Waals surface area contributed by atoms with Crippen LogP contribution in [0.25, 0.3) is 111 Å². The lowest BCUT2D eigenvalue weighted by Gasteiger charge is -2.47. The van der Waals surface area contributed by atoms with Gasteiger partial charge in [0.1, 0.15) is 22.3 Å². The van der Waals surface area contributed by atoms with Crippen molar-refractivity contribution in [2.45, 2.75) is 70.6 Å². The van der Waals surface area contributed by atoms with Crippen LogP contribution in [0.1, 0.15) is 109 Å². The van der Waals surface area contributed by atoms with Gasteiger partial charge in [-0.15, -0.1) is 0 Å². The number of fused-ring (bicyclic) bond motifs is 12. The molecule has 0 N–H and O–H groups in total. The van der Waals surface area contributed by atoms with Crippen LogP contribution in [0.5, 0.6) is 0 Å². The SMILES string of the molecule is CC(C)(C)c1cc(-c2ccccc2)c(N2c3ccc(-c4cccc5oc6ccccc6c45)cc3C3c4cc(-c5cccc6oc7ccccc7c56)ccc4N(c4c(-c5ccccc5)cc(C(C)(C)C)cc4-c4ccccc4)c4cc(C5c6ccccc6Cc6ccccc65)cc2c43)c(-c2ccccc2)c1. The Hall–Kier alpha value is -12.5. The van der Waals surface area contributed by atoms with Gasteiger partial charge in [0.25, 0.3) is 0 Å². The van der Waals surface area contributed by atoms with Gasteiger partial charge in [-0.05, 0) is 197 Å². The normalized spacial score (nSPS) is 13.5. The van der Waals surface area contributed by atoms with E-state index in [0.29, 0.717) is 0 Å². The van der Waals surface area contributed by atoms with E-state index >= 15 is 0 Å². The molecule has 502 valence electrons. The minimum Gasteiger partial charge on any atom is -0.456 e. The van der Waals surface area contributed by atoms with Crippen LogP contribution < -0.4 is 9.80 Å². The Kier molecular flexibility index (Phi) is 14.3. The van der Waals surface area contributed by atoms with Crippen LogP contribution in [0.4, 0.5) is 34.1 Å². The molecule has 0 amide bonds. The van der Waals surface area contributed by atoms with Gasteiger partial charge in [-0.2, -0.15) is 0 Å². The van der Waals surface area contributed by atoms with Crippen molar-refractivity contribution in [3.8, 4) is 66.8 Å². The Morgan fingerprint density at radius 2 is 0.629 bits per heavy atom. The van der Waals surface area contributed by atoms with Crippen molar-refractivity contribution in [2.24, 2.45) is 0 Å². The zero-order chi connectivity index (χ0) is 70.4. The van der Waals surface area contributed by atoms with E-state index in [4.69, 9.17) is 8.83 Å². The van der Waals surface area contributed by atoms with Crippen molar-refractivity contribution in [2.75, 3.05) is 9.80 Å². The second-order valence-corrected chi connectivity index (χ2v) is 31.0. The summed E-state index contributed by atoms with van der Waals surface area (Å²) in [5, 5.41) is 4.40. The molecule has 0 unspecified atom stereocenters. The number of hydrogen-bond acceptors (Lipinski definition) is 4. The van der Waals surface area contributed by atoms with Gasteiger partial charge in [0.05, 0.1) is 34.1 Å². The summed E-state index contributed by atoms with van der Waals surface area (Å²) in [5.41, 5.74) is 36.2. The van der Waals surface area contributed by atoms with Crippen LogP contribution in [0.15, 0.2) is 336 Å². The lowest BCUT2D eigenvalue weighted by Crippen LogP contribution is -2.31. The lowest BCUT2D eigenvalue weighted by atomic mass is 9.71. The van der Waals surface area contributed by atoms with Gasteiger partial charge in [-0.25, -0.2) is 0 Å². The Labute approximate surface area is 613 Å². The summed E-state index contributed by atoms with van der Waals surface area (Å²) >= 11 is 0. The maximum Gasteiger partial charge on any atom is 0.136 e. The first-order valence-electron chi connectivity index (χ1n) is 37.0. The van der Waals surface area contributed by atoms with Crippen molar-refractivity contribution in [3.05, 3.63) is 383 Å². The Morgan fingerprint density at radius 1 is 0.276 bits per heavy atom. The standard InChI is InChI=1S/C101H76N2O2/c1-100(2,3)71-58-79(62-29-11-7-12-30-62)98(80(59-71)63-31-13-8-14-32-63)102-85-51-49-68(75-43-27-47-91-94(75)77-41-23-25-45-89(77)104-91)54-83(85)96-84-55-69(76-44-28-48-92-95(76)78-42-24-26-46-90(78)105-92)50-52-86(84)103(99-81(64-33-15-9-16-34-64)60-72(101(4,5)6)61-82(99)65-35-17-10-18-36-65)88-57-70(56-87(102)97(88)96)93-73-39-21-19-37-66(73)53-67-38-20-22-40-74(67)93/h7-52,54-61,93,96H,53H2,1-6H3. The highest BCUT2D eigenvalue weighted by molar-refractivity contribution is 6.15. The molecular formula is C101H76N2O2. The highest BCUT2D eigenvalue weighted by Crippen LogP contribution is 2.66. The van der Waals surface area contributed by atoms with Gasteiger partial charge in [0.15, 0.2) is 0 Å². The summed E-state index contributed by atoms with van der Waals surface area (Å²) in [5.74, 6) is -0.467. The van der Waals surface area contributed by atoms with Crippen molar-refractivity contribution < 1.29 is 8.83 Å². The average Bonchev–Trinajstić information content (AvgIpc) is 1.06. The van der Waals surface area contributed by atoms with E-state index in [1.54, 1.807) is 0 Å². The second-order valence-electron chi connectivity index (χ2n) is 31.0.